The van der Waals surface area contributed by atoms with E-state index < -0.39 is 0 Å². The molecule has 19 heavy (non-hydrogen) atoms. The Bertz CT molecular complexity index is 542. The summed E-state index contributed by atoms with van der Waals surface area (Å²) in [4.78, 5) is 7.79. The highest BCUT2D eigenvalue weighted by Crippen LogP contribution is 2.16. The first-order valence-corrected chi connectivity index (χ1v) is 6.25. The summed E-state index contributed by atoms with van der Waals surface area (Å²) in [6, 6.07) is 9.49. The second-order valence-electron chi connectivity index (χ2n) is 3.97. The van der Waals surface area contributed by atoms with E-state index in [1.165, 1.54) is 0 Å². The minimum absolute atomic E-state index is 0.148. The molecule has 0 amide bonds. The lowest BCUT2D eigenvalue weighted by atomic mass is 10.2. The highest BCUT2D eigenvalue weighted by Gasteiger charge is 2.01. The van der Waals surface area contributed by atoms with Crippen LogP contribution in [0.5, 0.6) is 5.75 Å². The van der Waals surface area contributed by atoms with Gasteiger partial charge in [-0.3, -0.25) is 0 Å². The summed E-state index contributed by atoms with van der Waals surface area (Å²) in [5.74, 6) is 1.62. The van der Waals surface area contributed by atoms with E-state index in [1.807, 2.05) is 31.2 Å². The molecule has 2 aromatic rings. The molecule has 5 nitrogen and oxygen atoms in total. The smallest absolute Gasteiger partial charge is 0.223 e. The summed E-state index contributed by atoms with van der Waals surface area (Å²) in [6.45, 7) is 3.13. The topological polar surface area (TPSA) is 73.1 Å². The van der Waals surface area contributed by atoms with Crippen LogP contribution in [-0.2, 0) is 0 Å². The minimum atomic E-state index is 0.148. The molecule has 2 rings (SSSR count). The zero-order valence-corrected chi connectivity index (χ0v) is 11.3. The largest absolute Gasteiger partial charge is 0.491 e. The van der Waals surface area contributed by atoms with Crippen LogP contribution < -0.4 is 15.8 Å². The molecule has 1 aromatic carbocycles. The first-order chi connectivity index (χ1) is 9.15. The first kappa shape index (κ1) is 13.4. The van der Waals surface area contributed by atoms with E-state index in [0.29, 0.717) is 24.1 Å². The van der Waals surface area contributed by atoms with Crippen LogP contribution in [-0.4, -0.2) is 23.1 Å². The lowest BCUT2D eigenvalue weighted by molar-refractivity contribution is 0.330. The number of nitrogens with zero attached hydrogens (tertiary/aromatic N) is 2. The van der Waals surface area contributed by atoms with E-state index in [1.54, 1.807) is 6.07 Å². The molecular formula is C13H15ClN4O. The van der Waals surface area contributed by atoms with Crippen LogP contribution >= 0.6 is 11.6 Å². The Morgan fingerprint density at radius 1 is 1.32 bits per heavy atom. The number of halogens is 1. The van der Waals surface area contributed by atoms with E-state index in [9.17, 15) is 0 Å². The third-order valence-electron chi connectivity index (χ3n) is 2.47. The van der Waals surface area contributed by atoms with Gasteiger partial charge in [-0.25, -0.2) is 4.98 Å². The highest BCUT2D eigenvalue weighted by molar-refractivity contribution is 6.29. The van der Waals surface area contributed by atoms with Crippen molar-refractivity contribution in [3.63, 3.8) is 0 Å². The monoisotopic (exact) mass is 278 g/mol. The van der Waals surface area contributed by atoms with E-state index in [-0.39, 0.29) is 5.95 Å². The number of nitrogens with two attached hydrogens (primary N) is 1. The van der Waals surface area contributed by atoms with Gasteiger partial charge in [-0.1, -0.05) is 29.8 Å². The van der Waals surface area contributed by atoms with Crippen molar-refractivity contribution in [3.05, 3.63) is 41.0 Å². The number of para-hydroxylation sites is 1. The summed E-state index contributed by atoms with van der Waals surface area (Å²) in [6.07, 6.45) is 0. The second-order valence-corrected chi connectivity index (χ2v) is 4.36. The SMILES string of the molecule is Cc1ccccc1OCCNc1cc(Cl)nc(N)n1. The number of hydrogen-bond donors (Lipinski definition) is 2. The predicted octanol–water partition coefficient (Wildman–Crippen LogP) is 2.51. The van der Waals surface area contributed by atoms with Crippen LogP contribution in [0.3, 0.4) is 0 Å². The molecule has 0 radical (unpaired) electrons. The van der Waals surface area contributed by atoms with E-state index in [0.717, 1.165) is 11.3 Å². The number of aromatic nitrogens is 2. The minimum Gasteiger partial charge on any atom is -0.491 e. The molecular weight excluding hydrogens is 264 g/mol. The molecule has 0 aliphatic heterocycles. The fourth-order valence-corrected chi connectivity index (χ4v) is 1.77. The maximum atomic E-state index is 5.78. The Morgan fingerprint density at radius 2 is 2.11 bits per heavy atom. The van der Waals surface area contributed by atoms with Crippen LogP contribution in [0.2, 0.25) is 5.15 Å². The molecule has 1 heterocycles. The number of nitrogen functional groups attached to an aromatic ring is 1. The third-order valence-corrected chi connectivity index (χ3v) is 2.67. The van der Waals surface area contributed by atoms with E-state index >= 15 is 0 Å². The van der Waals surface area contributed by atoms with Crippen molar-refractivity contribution in [3.8, 4) is 5.75 Å². The number of rotatable bonds is 5. The van der Waals surface area contributed by atoms with Gasteiger partial charge < -0.3 is 15.8 Å². The molecule has 100 valence electrons. The fraction of sp³-hybridized carbons (Fsp3) is 0.231. The van der Waals surface area contributed by atoms with Gasteiger partial charge in [-0.15, -0.1) is 0 Å². The molecule has 0 bridgehead atoms. The van der Waals surface area contributed by atoms with Crippen molar-refractivity contribution in [2.75, 3.05) is 24.2 Å². The Balaban J connectivity index is 1.82. The molecule has 0 aliphatic rings. The average molecular weight is 279 g/mol. The molecule has 3 N–H and O–H groups in total. The number of benzene rings is 1. The maximum Gasteiger partial charge on any atom is 0.223 e. The Kier molecular flexibility index (Phi) is 4.41. The number of nitrogens with one attached hydrogen (secondary N) is 1. The van der Waals surface area contributed by atoms with Gasteiger partial charge in [0.1, 0.15) is 23.3 Å². The Hall–Kier alpha value is -2.01. The summed E-state index contributed by atoms with van der Waals surface area (Å²) in [5.41, 5.74) is 6.60. The quantitative estimate of drug-likeness (QED) is 0.649. The van der Waals surface area contributed by atoms with Crippen molar-refractivity contribution in [2.45, 2.75) is 6.92 Å². The molecule has 0 saturated carbocycles. The van der Waals surface area contributed by atoms with Gasteiger partial charge >= 0.3 is 0 Å². The summed E-state index contributed by atoms with van der Waals surface area (Å²) < 4.78 is 5.65. The number of anilines is 2. The number of hydrogen-bond acceptors (Lipinski definition) is 5. The Labute approximate surface area is 116 Å². The Morgan fingerprint density at radius 3 is 2.84 bits per heavy atom. The molecule has 0 fully saturated rings. The third kappa shape index (κ3) is 3.99. The van der Waals surface area contributed by atoms with Crippen molar-refractivity contribution >= 4 is 23.4 Å². The molecule has 0 unspecified atom stereocenters. The fourth-order valence-electron chi connectivity index (χ4n) is 1.58. The molecule has 1 aromatic heterocycles. The summed E-state index contributed by atoms with van der Waals surface area (Å²) >= 11 is 5.78. The van der Waals surface area contributed by atoms with Crippen molar-refractivity contribution < 1.29 is 4.74 Å². The average Bonchev–Trinajstić information content (AvgIpc) is 2.35. The van der Waals surface area contributed by atoms with Crippen molar-refractivity contribution in [1.82, 2.24) is 9.97 Å². The molecule has 0 spiro atoms. The standard InChI is InChI=1S/C13H15ClN4O/c1-9-4-2-3-5-10(9)19-7-6-16-12-8-11(14)17-13(15)18-12/h2-5,8H,6-7H2,1H3,(H3,15,16,17,18). The number of ether oxygens (including phenoxy) is 1. The van der Waals surface area contributed by atoms with Crippen LogP contribution in [0.15, 0.2) is 30.3 Å². The van der Waals surface area contributed by atoms with Gasteiger partial charge in [-0.2, -0.15) is 4.98 Å². The van der Waals surface area contributed by atoms with E-state index in [2.05, 4.69) is 15.3 Å². The molecule has 0 atom stereocenters. The molecule has 0 aliphatic carbocycles. The lowest BCUT2D eigenvalue weighted by Crippen LogP contribution is -2.13. The molecule has 0 saturated heterocycles. The molecule has 6 heteroatoms. The summed E-state index contributed by atoms with van der Waals surface area (Å²) in [5, 5.41) is 3.39. The van der Waals surface area contributed by atoms with Crippen LogP contribution in [0, 0.1) is 6.92 Å². The van der Waals surface area contributed by atoms with Crippen LogP contribution in [0.4, 0.5) is 11.8 Å². The number of aryl methyl sites for hydroxylation is 1. The zero-order valence-electron chi connectivity index (χ0n) is 10.6. The van der Waals surface area contributed by atoms with Gasteiger partial charge in [-0.05, 0) is 18.6 Å². The van der Waals surface area contributed by atoms with Gasteiger partial charge in [0.15, 0.2) is 0 Å². The second kappa shape index (κ2) is 6.24. The van der Waals surface area contributed by atoms with Crippen molar-refractivity contribution in [1.29, 1.82) is 0 Å². The van der Waals surface area contributed by atoms with E-state index in [4.69, 9.17) is 22.1 Å². The summed E-state index contributed by atoms with van der Waals surface area (Å²) in [7, 11) is 0. The maximum absolute atomic E-state index is 5.78. The predicted molar refractivity (Wildman–Crippen MR) is 76.6 cm³/mol. The van der Waals surface area contributed by atoms with Gasteiger partial charge in [0.05, 0.1) is 6.54 Å². The lowest BCUT2D eigenvalue weighted by Gasteiger charge is -2.10. The first-order valence-electron chi connectivity index (χ1n) is 5.87. The van der Waals surface area contributed by atoms with Gasteiger partial charge in [0.25, 0.3) is 0 Å². The zero-order chi connectivity index (χ0) is 13.7. The van der Waals surface area contributed by atoms with Gasteiger partial charge in [0, 0.05) is 6.07 Å². The normalized spacial score (nSPS) is 10.2. The highest BCUT2D eigenvalue weighted by atomic mass is 35.5. The van der Waals surface area contributed by atoms with Crippen molar-refractivity contribution in [2.24, 2.45) is 0 Å². The van der Waals surface area contributed by atoms with Gasteiger partial charge in [0.2, 0.25) is 5.95 Å². The van der Waals surface area contributed by atoms with Crippen LogP contribution in [0.1, 0.15) is 5.56 Å². The van der Waals surface area contributed by atoms with Crippen LogP contribution in [0.25, 0.3) is 0 Å².